The molecule has 2 aliphatic carbocycles. The van der Waals surface area contributed by atoms with Crippen LogP contribution in [-0.4, -0.2) is 31.9 Å². The lowest BCUT2D eigenvalue weighted by atomic mass is 9.75. The highest BCUT2D eigenvalue weighted by Gasteiger charge is 2.43. The Morgan fingerprint density at radius 2 is 1.50 bits per heavy atom. The van der Waals surface area contributed by atoms with Gasteiger partial charge < -0.3 is 10.2 Å². The number of halogens is 1. The molecule has 2 aromatic rings. The largest absolute Gasteiger partial charge is 0.507 e. The molecule has 2 N–H and O–H groups in total. The summed E-state index contributed by atoms with van der Waals surface area (Å²) in [7, 11) is 0. The van der Waals surface area contributed by atoms with Gasteiger partial charge in [0.25, 0.3) is 0 Å². The predicted molar refractivity (Wildman–Crippen MR) is 97.4 cm³/mol. The van der Waals surface area contributed by atoms with Crippen LogP contribution in [0.4, 0.5) is 0 Å². The van der Waals surface area contributed by atoms with E-state index in [0.717, 1.165) is 0 Å². The van der Waals surface area contributed by atoms with E-state index in [1.54, 1.807) is 12.1 Å². The summed E-state index contributed by atoms with van der Waals surface area (Å²) in [6.45, 7) is 1.46. The molecule has 0 fully saturated rings. The second kappa shape index (κ2) is 5.51. The Morgan fingerprint density at radius 1 is 1.00 bits per heavy atom. The highest BCUT2D eigenvalue weighted by Crippen LogP contribution is 2.48. The van der Waals surface area contributed by atoms with Gasteiger partial charge in [-0.15, -0.1) is 0 Å². The molecule has 0 heterocycles. The van der Waals surface area contributed by atoms with E-state index >= 15 is 0 Å². The van der Waals surface area contributed by atoms with Crippen molar-refractivity contribution in [3.63, 3.8) is 0 Å². The molecule has 0 aromatic heterocycles. The maximum absolute atomic E-state index is 12.9. The van der Waals surface area contributed by atoms with Crippen LogP contribution in [0.15, 0.2) is 24.3 Å². The van der Waals surface area contributed by atoms with E-state index in [0.29, 0.717) is 24.0 Å². The molecule has 0 aliphatic heterocycles. The number of Topliss-reactive ketones (excluding diaryl/α,β-unsaturated/α-hetero) is 1. The first kappa shape index (κ1) is 17.0. The van der Waals surface area contributed by atoms with Crippen LogP contribution in [0, 0.1) is 0 Å². The lowest BCUT2D eigenvalue weighted by Gasteiger charge is -2.33. The first-order chi connectivity index (χ1) is 12.3. The summed E-state index contributed by atoms with van der Waals surface area (Å²) in [5, 5.41) is 21.6. The van der Waals surface area contributed by atoms with Crippen molar-refractivity contribution in [3.8, 4) is 11.5 Å². The molecule has 1 atom stereocenters. The molecule has 5 nitrogen and oxygen atoms in total. The Balaban J connectivity index is 2.00. The van der Waals surface area contributed by atoms with Crippen molar-refractivity contribution in [2.45, 2.75) is 30.5 Å². The molecule has 0 unspecified atom stereocenters. The standard InChI is InChI=1S/C20H15BrO5/c1-9(22)20(21)7-6-12-13(8-20)19(26)15-14(18(12)25)16(23)10-4-2-3-5-11(10)17(15)24/h2-5,25-26H,6-8H2,1H3/t20-/m0/s1. The number of benzene rings is 2. The summed E-state index contributed by atoms with van der Waals surface area (Å²) in [4.78, 5) is 37.8. The van der Waals surface area contributed by atoms with Gasteiger partial charge in [-0.2, -0.15) is 0 Å². The van der Waals surface area contributed by atoms with Gasteiger partial charge >= 0.3 is 0 Å². The topological polar surface area (TPSA) is 91.7 Å². The number of ketones is 3. The molecule has 2 aliphatic rings. The average molecular weight is 415 g/mol. The van der Waals surface area contributed by atoms with Crippen LogP contribution in [0.25, 0.3) is 0 Å². The van der Waals surface area contributed by atoms with Crippen LogP contribution in [0.1, 0.15) is 56.3 Å². The lowest BCUT2D eigenvalue weighted by molar-refractivity contribution is -0.119. The highest BCUT2D eigenvalue weighted by atomic mass is 79.9. The number of alkyl halides is 1. The fraction of sp³-hybridized carbons (Fsp3) is 0.250. The Kier molecular flexibility index (Phi) is 3.60. The van der Waals surface area contributed by atoms with Crippen molar-refractivity contribution in [2.24, 2.45) is 0 Å². The number of hydrogen-bond donors (Lipinski definition) is 2. The smallest absolute Gasteiger partial charge is 0.198 e. The molecule has 0 saturated carbocycles. The zero-order valence-electron chi connectivity index (χ0n) is 13.9. The Labute approximate surface area is 157 Å². The molecule has 132 valence electrons. The Bertz CT molecular complexity index is 1020. The van der Waals surface area contributed by atoms with Crippen LogP contribution >= 0.6 is 15.9 Å². The van der Waals surface area contributed by atoms with Gasteiger partial charge in [0, 0.05) is 22.3 Å². The second-order valence-electron chi connectivity index (χ2n) is 6.81. The maximum atomic E-state index is 12.9. The average Bonchev–Trinajstić information content (AvgIpc) is 2.62. The van der Waals surface area contributed by atoms with Crippen molar-refractivity contribution in [2.75, 3.05) is 0 Å². The van der Waals surface area contributed by atoms with E-state index in [-0.39, 0.29) is 46.0 Å². The highest BCUT2D eigenvalue weighted by molar-refractivity contribution is 9.10. The minimum absolute atomic E-state index is 0.0903. The van der Waals surface area contributed by atoms with E-state index in [2.05, 4.69) is 15.9 Å². The monoisotopic (exact) mass is 414 g/mol. The van der Waals surface area contributed by atoms with E-state index in [1.807, 2.05) is 0 Å². The summed E-state index contributed by atoms with van der Waals surface area (Å²) in [6.07, 6.45) is 0.892. The van der Waals surface area contributed by atoms with E-state index < -0.39 is 15.9 Å². The fourth-order valence-corrected chi connectivity index (χ4v) is 4.35. The van der Waals surface area contributed by atoms with Crippen LogP contribution in [0.5, 0.6) is 11.5 Å². The number of aromatic hydroxyl groups is 2. The molecular formula is C20H15BrO5. The summed E-state index contributed by atoms with van der Waals surface area (Å²) < 4.78 is -0.849. The van der Waals surface area contributed by atoms with Crippen LogP contribution in [0.3, 0.4) is 0 Å². The number of fused-ring (bicyclic) bond motifs is 3. The van der Waals surface area contributed by atoms with Crippen molar-refractivity contribution in [1.82, 2.24) is 0 Å². The molecule has 0 amide bonds. The number of rotatable bonds is 1. The number of carbonyl (C=O) groups is 3. The van der Waals surface area contributed by atoms with Gasteiger partial charge in [0.15, 0.2) is 11.6 Å². The number of phenols is 2. The van der Waals surface area contributed by atoms with E-state index in [1.165, 1.54) is 19.1 Å². The van der Waals surface area contributed by atoms with Gasteiger partial charge in [-0.05, 0) is 26.2 Å². The first-order valence-corrected chi connectivity index (χ1v) is 9.03. The third kappa shape index (κ3) is 2.11. The zero-order chi connectivity index (χ0) is 18.8. The van der Waals surface area contributed by atoms with Crippen molar-refractivity contribution in [3.05, 3.63) is 57.6 Å². The van der Waals surface area contributed by atoms with Crippen LogP contribution in [-0.2, 0) is 17.6 Å². The summed E-state index contributed by atoms with van der Waals surface area (Å²) >= 11 is 3.44. The van der Waals surface area contributed by atoms with Crippen molar-refractivity contribution in [1.29, 1.82) is 0 Å². The molecule has 0 saturated heterocycles. The predicted octanol–water partition coefficient (Wildman–Crippen LogP) is 3.08. The molecular weight excluding hydrogens is 400 g/mol. The molecule has 2 aromatic carbocycles. The molecule has 0 spiro atoms. The lowest BCUT2D eigenvalue weighted by Crippen LogP contribution is -2.37. The molecule has 26 heavy (non-hydrogen) atoms. The minimum atomic E-state index is -0.849. The van der Waals surface area contributed by atoms with Crippen LogP contribution < -0.4 is 0 Å². The van der Waals surface area contributed by atoms with E-state index in [9.17, 15) is 24.6 Å². The quantitative estimate of drug-likeness (QED) is 0.471. The van der Waals surface area contributed by atoms with Gasteiger partial charge in [-0.25, -0.2) is 0 Å². The van der Waals surface area contributed by atoms with Gasteiger partial charge in [0.2, 0.25) is 0 Å². The number of phenolic OH excluding ortho intramolecular Hbond substituents is 2. The Morgan fingerprint density at radius 3 is 2.00 bits per heavy atom. The van der Waals surface area contributed by atoms with Gasteiger partial charge in [-0.3, -0.25) is 14.4 Å². The minimum Gasteiger partial charge on any atom is -0.507 e. The van der Waals surface area contributed by atoms with Gasteiger partial charge in [-0.1, -0.05) is 40.2 Å². The molecule has 0 radical (unpaired) electrons. The Hall–Kier alpha value is -2.47. The molecule has 0 bridgehead atoms. The van der Waals surface area contributed by atoms with Crippen molar-refractivity contribution >= 4 is 33.3 Å². The summed E-state index contributed by atoms with van der Waals surface area (Å²) in [6, 6.07) is 6.35. The van der Waals surface area contributed by atoms with E-state index in [4.69, 9.17) is 0 Å². The molecule has 4 rings (SSSR count). The molecule has 6 heteroatoms. The third-order valence-corrected chi connectivity index (χ3v) is 6.62. The van der Waals surface area contributed by atoms with Crippen LogP contribution in [0.2, 0.25) is 0 Å². The van der Waals surface area contributed by atoms with Gasteiger partial charge in [0.05, 0.1) is 15.5 Å². The maximum Gasteiger partial charge on any atom is 0.198 e. The summed E-state index contributed by atoms with van der Waals surface area (Å²) in [5.74, 6) is -1.65. The zero-order valence-corrected chi connectivity index (χ0v) is 15.5. The number of carbonyl (C=O) groups excluding carboxylic acids is 3. The van der Waals surface area contributed by atoms with Gasteiger partial charge in [0.1, 0.15) is 17.3 Å². The fourth-order valence-electron chi connectivity index (χ4n) is 3.87. The first-order valence-electron chi connectivity index (χ1n) is 8.24. The summed E-state index contributed by atoms with van der Waals surface area (Å²) in [5.41, 5.74) is 0.875. The third-order valence-electron chi connectivity index (χ3n) is 5.39. The SMILES string of the molecule is CC(=O)[C@]1(Br)CCc2c(O)c3c(c(O)c2C1)C(=O)c1ccccc1C3=O. The second-order valence-corrected chi connectivity index (χ2v) is 8.32. The number of hydrogen-bond acceptors (Lipinski definition) is 5. The normalized spacial score (nSPS) is 21.0. The van der Waals surface area contributed by atoms with Crippen molar-refractivity contribution < 1.29 is 24.6 Å².